The van der Waals surface area contributed by atoms with Crippen molar-refractivity contribution in [3.63, 3.8) is 0 Å². The van der Waals surface area contributed by atoms with E-state index in [1.54, 1.807) is 24.3 Å². The van der Waals surface area contributed by atoms with Gasteiger partial charge in [0.2, 0.25) is 5.95 Å². The van der Waals surface area contributed by atoms with E-state index in [4.69, 9.17) is 16.3 Å². The lowest BCUT2D eigenvalue weighted by Crippen LogP contribution is -2.30. The lowest BCUT2D eigenvalue weighted by Gasteiger charge is -2.23. The summed E-state index contributed by atoms with van der Waals surface area (Å²) in [6.45, 7) is 0. The van der Waals surface area contributed by atoms with Crippen LogP contribution in [-0.2, 0) is 9.59 Å². The fraction of sp³-hybridized carbons (Fsp3) is 0.0800. The van der Waals surface area contributed by atoms with Gasteiger partial charge in [-0.15, -0.1) is 0 Å². The number of halogens is 2. The fourth-order valence-corrected chi connectivity index (χ4v) is 4.29. The number of para-hydroxylation sites is 2. The predicted molar refractivity (Wildman–Crippen MR) is 125 cm³/mol. The third-order valence-corrected chi connectivity index (χ3v) is 5.96. The van der Waals surface area contributed by atoms with E-state index in [0.717, 1.165) is 0 Å². The Morgan fingerprint density at radius 3 is 2.53 bits per heavy atom. The van der Waals surface area contributed by atoms with E-state index in [-0.39, 0.29) is 22.1 Å². The van der Waals surface area contributed by atoms with Crippen LogP contribution in [0.25, 0.3) is 16.8 Å². The Morgan fingerprint density at radius 1 is 1.12 bits per heavy atom. The second-order valence-corrected chi connectivity index (χ2v) is 8.05. The summed E-state index contributed by atoms with van der Waals surface area (Å²) in [4.78, 5) is 35.1. The molecule has 34 heavy (non-hydrogen) atoms. The molecule has 1 atom stereocenters. The number of carbonyl (C=O) groups is 2. The van der Waals surface area contributed by atoms with Crippen molar-refractivity contribution in [3.05, 3.63) is 94.3 Å². The second-order valence-electron chi connectivity index (χ2n) is 7.65. The van der Waals surface area contributed by atoms with Crippen LogP contribution in [0.2, 0.25) is 5.02 Å². The molecule has 1 amide bonds. The van der Waals surface area contributed by atoms with Crippen molar-refractivity contribution in [1.82, 2.24) is 9.97 Å². The standard InChI is InChI=1S/C25H17ClFN3O4/c1-34-19-11-8-14(12-16(19)26)22(31)20-21(13-6-9-15(27)10-7-13)30(24(33)23(20)32)25-28-17-4-2-3-5-18(17)29-25/h2-12,21,31H,1H3,(H,28,29)/b22-20+. The number of anilines is 1. The van der Waals surface area contributed by atoms with Crippen LogP contribution in [0.3, 0.4) is 0 Å². The number of benzene rings is 3. The number of imidazole rings is 1. The largest absolute Gasteiger partial charge is 0.507 e. The Hall–Kier alpha value is -4.17. The van der Waals surface area contributed by atoms with Crippen molar-refractivity contribution in [2.75, 3.05) is 12.0 Å². The van der Waals surface area contributed by atoms with E-state index in [2.05, 4.69) is 9.97 Å². The fourth-order valence-electron chi connectivity index (χ4n) is 4.03. The number of ketones is 1. The topological polar surface area (TPSA) is 95.5 Å². The van der Waals surface area contributed by atoms with Crippen LogP contribution in [0, 0.1) is 5.82 Å². The highest BCUT2D eigenvalue weighted by atomic mass is 35.5. The van der Waals surface area contributed by atoms with Crippen LogP contribution in [0.4, 0.5) is 10.3 Å². The van der Waals surface area contributed by atoms with E-state index in [0.29, 0.717) is 22.3 Å². The zero-order valence-electron chi connectivity index (χ0n) is 17.8. The summed E-state index contributed by atoms with van der Waals surface area (Å²) >= 11 is 6.21. The summed E-state index contributed by atoms with van der Waals surface area (Å²) in [6, 6.07) is 16.0. The number of aromatic amines is 1. The average molecular weight is 478 g/mol. The molecule has 3 aromatic carbocycles. The summed E-state index contributed by atoms with van der Waals surface area (Å²) in [5.74, 6) is -2.17. The number of aromatic nitrogens is 2. The normalized spacial score (nSPS) is 17.5. The molecule has 9 heteroatoms. The number of aliphatic hydroxyl groups is 1. The minimum atomic E-state index is -1.05. The van der Waals surface area contributed by atoms with Crippen LogP contribution in [-0.4, -0.2) is 33.9 Å². The molecular weight excluding hydrogens is 461 g/mol. The maximum absolute atomic E-state index is 13.7. The van der Waals surface area contributed by atoms with Crippen LogP contribution in [0.15, 0.2) is 72.3 Å². The molecule has 1 aliphatic heterocycles. The average Bonchev–Trinajstić information content (AvgIpc) is 3.37. The summed E-state index contributed by atoms with van der Waals surface area (Å²) in [5, 5.41) is 11.4. The summed E-state index contributed by atoms with van der Waals surface area (Å²) < 4.78 is 18.8. The summed E-state index contributed by atoms with van der Waals surface area (Å²) in [7, 11) is 1.45. The van der Waals surface area contributed by atoms with Gasteiger partial charge in [-0.3, -0.25) is 14.5 Å². The Kier molecular flexibility index (Phi) is 5.30. The van der Waals surface area contributed by atoms with Gasteiger partial charge >= 0.3 is 5.91 Å². The van der Waals surface area contributed by atoms with Gasteiger partial charge < -0.3 is 14.8 Å². The van der Waals surface area contributed by atoms with Gasteiger partial charge in [-0.2, -0.15) is 0 Å². The molecule has 4 aromatic rings. The van der Waals surface area contributed by atoms with Crippen molar-refractivity contribution in [2.45, 2.75) is 6.04 Å². The molecule has 0 aliphatic carbocycles. The number of ether oxygens (including phenoxy) is 1. The molecule has 1 fully saturated rings. The Bertz CT molecular complexity index is 1450. The summed E-state index contributed by atoms with van der Waals surface area (Å²) in [5.41, 5.74) is 1.74. The monoisotopic (exact) mass is 477 g/mol. The van der Waals surface area contributed by atoms with Gasteiger partial charge in [0.25, 0.3) is 5.78 Å². The number of H-pyrrole nitrogens is 1. The van der Waals surface area contributed by atoms with Crippen LogP contribution in [0.5, 0.6) is 5.75 Å². The molecule has 2 heterocycles. The molecule has 170 valence electrons. The Balaban J connectivity index is 1.72. The van der Waals surface area contributed by atoms with Crippen LogP contribution >= 0.6 is 11.6 Å². The SMILES string of the molecule is COc1ccc(/C(O)=C2\C(=O)C(=O)N(c3nc4ccccc4[nH]3)C2c2ccc(F)cc2)cc1Cl. The van der Waals surface area contributed by atoms with E-state index in [1.807, 2.05) is 6.07 Å². The van der Waals surface area contributed by atoms with Gasteiger partial charge in [-0.1, -0.05) is 35.9 Å². The van der Waals surface area contributed by atoms with Crippen LogP contribution in [0.1, 0.15) is 17.2 Å². The van der Waals surface area contributed by atoms with E-state index in [9.17, 15) is 19.1 Å². The number of hydrogen-bond donors (Lipinski definition) is 2. The number of methoxy groups -OCH3 is 1. The maximum atomic E-state index is 13.7. The molecule has 7 nitrogen and oxygen atoms in total. The van der Waals surface area contributed by atoms with Crippen molar-refractivity contribution < 1.29 is 23.8 Å². The second kappa shape index (κ2) is 8.31. The van der Waals surface area contributed by atoms with Gasteiger partial charge in [0, 0.05) is 5.56 Å². The molecule has 5 rings (SSSR count). The van der Waals surface area contributed by atoms with Gasteiger partial charge in [0.05, 0.1) is 34.8 Å². The molecule has 1 aromatic heterocycles. The maximum Gasteiger partial charge on any atom is 0.302 e. The quantitative estimate of drug-likeness (QED) is 0.245. The number of nitrogens with one attached hydrogen (secondary N) is 1. The van der Waals surface area contributed by atoms with Crippen molar-refractivity contribution in [3.8, 4) is 5.75 Å². The first-order valence-electron chi connectivity index (χ1n) is 10.2. The number of nitrogens with zero attached hydrogens (tertiary/aromatic N) is 2. The number of carbonyl (C=O) groups excluding carboxylic acids is 2. The first-order valence-corrected chi connectivity index (χ1v) is 10.6. The predicted octanol–water partition coefficient (Wildman–Crippen LogP) is 4.99. The van der Waals surface area contributed by atoms with Gasteiger partial charge in [-0.25, -0.2) is 9.37 Å². The van der Waals surface area contributed by atoms with E-state index >= 15 is 0 Å². The molecule has 1 unspecified atom stereocenters. The Labute approximate surface area is 198 Å². The first kappa shape index (κ1) is 21.7. The van der Waals surface area contributed by atoms with E-state index < -0.39 is 29.3 Å². The lowest BCUT2D eigenvalue weighted by atomic mass is 9.95. The van der Waals surface area contributed by atoms with Crippen molar-refractivity contribution in [2.24, 2.45) is 0 Å². The number of amides is 1. The van der Waals surface area contributed by atoms with Gasteiger partial charge in [0.15, 0.2) is 0 Å². The number of aliphatic hydroxyl groups excluding tert-OH is 1. The third kappa shape index (κ3) is 3.48. The molecule has 2 N–H and O–H groups in total. The first-order chi connectivity index (χ1) is 16.4. The van der Waals surface area contributed by atoms with Crippen molar-refractivity contribution in [1.29, 1.82) is 0 Å². The Morgan fingerprint density at radius 2 is 1.85 bits per heavy atom. The number of Topliss-reactive ketones (excluding diaryl/α,β-unsaturated/α-hetero) is 1. The molecule has 1 aliphatic rings. The smallest absolute Gasteiger partial charge is 0.302 e. The molecule has 0 radical (unpaired) electrons. The zero-order chi connectivity index (χ0) is 24.0. The minimum Gasteiger partial charge on any atom is -0.507 e. The number of rotatable bonds is 4. The molecular formula is C25H17ClFN3O4. The summed E-state index contributed by atoms with van der Waals surface area (Å²) in [6.07, 6.45) is 0. The molecule has 1 saturated heterocycles. The molecule has 0 bridgehead atoms. The molecule has 0 saturated carbocycles. The lowest BCUT2D eigenvalue weighted by molar-refractivity contribution is -0.132. The highest BCUT2D eigenvalue weighted by molar-refractivity contribution is 6.51. The van der Waals surface area contributed by atoms with E-state index in [1.165, 1.54) is 48.4 Å². The van der Waals surface area contributed by atoms with Gasteiger partial charge in [0.1, 0.15) is 17.3 Å². The minimum absolute atomic E-state index is 0.129. The highest BCUT2D eigenvalue weighted by Crippen LogP contribution is 2.42. The van der Waals surface area contributed by atoms with Crippen LogP contribution < -0.4 is 9.64 Å². The zero-order valence-corrected chi connectivity index (χ0v) is 18.5. The van der Waals surface area contributed by atoms with Gasteiger partial charge in [-0.05, 0) is 48.0 Å². The number of hydrogen-bond acceptors (Lipinski definition) is 5. The van der Waals surface area contributed by atoms with Crippen molar-refractivity contribution >= 4 is 46.0 Å². The third-order valence-electron chi connectivity index (χ3n) is 5.66. The number of fused-ring (bicyclic) bond motifs is 1. The molecule has 0 spiro atoms. The highest BCUT2D eigenvalue weighted by Gasteiger charge is 2.48.